The van der Waals surface area contributed by atoms with E-state index in [0.717, 1.165) is 25.7 Å². The molecule has 5 heterocycles. The van der Waals surface area contributed by atoms with Gasteiger partial charge < -0.3 is 53.7 Å². The number of amides is 4. The minimum atomic E-state index is -1.04. The van der Waals surface area contributed by atoms with Crippen LogP contribution in [-0.2, 0) is 40.2 Å². The number of rotatable bonds is 20. The lowest BCUT2D eigenvalue weighted by Gasteiger charge is -2.41. The zero-order valence-corrected chi connectivity index (χ0v) is 45.4. The fraction of sp³-hybridized carbons (Fsp3) is 0.569. The monoisotopic (exact) mass is 1040 g/mol. The maximum atomic E-state index is 14.4. The maximum absolute atomic E-state index is 14.4. The Bertz CT molecular complexity index is 2620. The highest BCUT2D eigenvalue weighted by Crippen LogP contribution is 2.49. The molecule has 7 rings (SSSR count). The summed E-state index contributed by atoms with van der Waals surface area (Å²) in [7, 11) is 1.30. The quantitative estimate of drug-likeness (QED) is 0.0837. The van der Waals surface area contributed by atoms with Gasteiger partial charge in [-0.1, -0.05) is 46.6 Å². The van der Waals surface area contributed by atoms with Gasteiger partial charge in [0.2, 0.25) is 0 Å². The lowest BCUT2D eigenvalue weighted by atomic mass is 9.84. The largest absolute Gasteiger partial charge is 0.508 e. The van der Waals surface area contributed by atoms with Crippen molar-refractivity contribution in [2.24, 2.45) is 0 Å². The van der Waals surface area contributed by atoms with Crippen LogP contribution in [0.1, 0.15) is 163 Å². The second kappa shape index (κ2) is 24.1. The van der Waals surface area contributed by atoms with Crippen LogP contribution >= 0.6 is 0 Å². The van der Waals surface area contributed by atoms with Crippen LogP contribution in [0.3, 0.4) is 0 Å². The first-order valence-corrected chi connectivity index (χ1v) is 26.5. The number of phenolic OH excluding ortho intramolecular Hbond substituents is 1. The number of allylic oxidation sites excluding steroid dienone is 8. The van der Waals surface area contributed by atoms with Crippen molar-refractivity contribution >= 4 is 30.5 Å². The summed E-state index contributed by atoms with van der Waals surface area (Å²) in [6.07, 6.45) is 11.4. The van der Waals surface area contributed by atoms with Crippen LogP contribution in [0.2, 0.25) is 0 Å². The third-order valence-electron chi connectivity index (χ3n) is 15.5. The molecule has 75 heavy (non-hydrogen) atoms. The van der Waals surface area contributed by atoms with E-state index in [1.54, 1.807) is 11.0 Å². The summed E-state index contributed by atoms with van der Waals surface area (Å²) in [6.45, 7) is 17.8. The van der Waals surface area contributed by atoms with Crippen LogP contribution < -0.4 is 14.2 Å². The minimum Gasteiger partial charge on any atom is -0.508 e. The molecule has 5 aliphatic heterocycles. The fourth-order valence-electron chi connectivity index (χ4n) is 10.7. The third-order valence-corrected chi connectivity index (χ3v) is 15.5. The molecule has 0 spiro atoms. The van der Waals surface area contributed by atoms with Crippen molar-refractivity contribution in [1.82, 2.24) is 19.6 Å². The standard InChI is InChI=1S/C58H78N4O13/c1-36(2)15-10-17-38(5)19-12-22-57(7)48(65)31-42-46(64)29-40-45(51(42)74-57)34-62(54(40)68)50(72-35-63)21-14-24-61-33-44-41(53(61)67)30-47(73-56(70)60-27-25-59(26-28-60)55(69)71-9)43-32-49(66)58(8,75-52(43)44)23-13-20-39(6)18-11-16-37(3)4/h15-16,19-20,29-30,35,48-50,64-66H,10-14,17-18,21-28,31-34H2,1-9H3/b38-19+,39-20+/t48-,49-,50+,57+,58+/m0/s1. The number of aliphatic hydroxyl groups excluding tert-OH is 2. The number of carbonyl (C=O) groups excluding carboxylic acids is 5. The fourth-order valence-corrected chi connectivity index (χ4v) is 10.7. The summed E-state index contributed by atoms with van der Waals surface area (Å²) in [5.74, 6) is -0.108. The van der Waals surface area contributed by atoms with Crippen molar-refractivity contribution < 1.29 is 63.0 Å². The summed E-state index contributed by atoms with van der Waals surface area (Å²) in [5, 5.41) is 34.3. The molecule has 17 nitrogen and oxygen atoms in total. The number of hydrogen-bond acceptors (Lipinski definition) is 13. The Morgan fingerprint density at radius 1 is 0.720 bits per heavy atom. The van der Waals surface area contributed by atoms with E-state index in [0.29, 0.717) is 77.9 Å². The Hall–Kier alpha value is -6.33. The number of ether oxygens (including phenoxy) is 5. The molecule has 2 aromatic rings. The first kappa shape index (κ1) is 56.4. The molecule has 0 saturated carbocycles. The zero-order valence-electron chi connectivity index (χ0n) is 45.4. The van der Waals surface area contributed by atoms with E-state index in [1.165, 1.54) is 50.2 Å². The Labute approximate surface area is 441 Å². The smallest absolute Gasteiger partial charge is 0.415 e. The molecule has 408 valence electrons. The van der Waals surface area contributed by atoms with Gasteiger partial charge in [-0.2, -0.15) is 0 Å². The SMILES string of the molecule is COC(=O)N1CCN(C(=O)Oc2cc3c(c4c2C[C@H](O)[C@@](C)(CC/C=C(\C)CCC=C(C)C)O4)CN(CCC[C@@H](OC=O)N2Cc4c(cc(O)c5c4O[C@](C)(CC/C=C(\C)CCC=C(C)C)[C@@H](O)C5)C2=O)C3=O)CC1. The van der Waals surface area contributed by atoms with Gasteiger partial charge in [0.15, 0.2) is 6.23 Å². The number of fused-ring (bicyclic) bond motifs is 6. The molecule has 17 heteroatoms. The van der Waals surface area contributed by atoms with E-state index < -0.39 is 47.7 Å². The van der Waals surface area contributed by atoms with Crippen LogP contribution in [0.15, 0.2) is 58.7 Å². The van der Waals surface area contributed by atoms with E-state index in [4.69, 9.17) is 23.7 Å². The van der Waals surface area contributed by atoms with Crippen molar-refractivity contribution in [2.75, 3.05) is 39.8 Å². The van der Waals surface area contributed by atoms with Crippen LogP contribution in [0, 0.1) is 0 Å². The molecule has 2 aromatic carbocycles. The highest BCUT2D eigenvalue weighted by atomic mass is 16.6. The molecule has 0 aliphatic carbocycles. The van der Waals surface area contributed by atoms with Crippen molar-refractivity contribution in [3.05, 3.63) is 92.1 Å². The van der Waals surface area contributed by atoms with Crippen LogP contribution in [0.25, 0.3) is 0 Å². The van der Waals surface area contributed by atoms with Crippen LogP contribution in [0.4, 0.5) is 9.59 Å². The normalized spacial score (nSPS) is 22.5. The van der Waals surface area contributed by atoms with E-state index >= 15 is 0 Å². The average molecular weight is 1040 g/mol. The van der Waals surface area contributed by atoms with Gasteiger partial charge in [-0.05, 0) is 125 Å². The van der Waals surface area contributed by atoms with E-state index in [-0.39, 0.29) is 88.0 Å². The minimum absolute atomic E-state index is 0.0285. The number of carbonyl (C=O) groups is 5. The van der Waals surface area contributed by atoms with Crippen molar-refractivity contribution in [3.63, 3.8) is 0 Å². The van der Waals surface area contributed by atoms with Gasteiger partial charge in [0.1, 0.15) is 34.2 Å². The van der Waals surface area contributed by atoms with Gasteiger partial charge in [0.25, 0.3) is 18.3 Å². The predicted octanol–water partition coefficient (Wildman–Crippen LogP) is 9.22. The Kier molecular flexibility index (Phi) is 18.1. The second-order valence-corrected chi connectivity index (χ2v) is 21.8. The number of hydrogen-bond donors (Lipinski definition) is 3. The molecule has 1 fully saturated rings. The predicted molar refractivity (Wildman–Crippen MR) is 282 cm³/mol. The van der Waals surface area contributed by atoms with E-state index in [9.17, 15) is 39.3 Å². The van der Waals surface area contributed by atoms with Gasteiger partial charge in [-0.25, -0.2) is 9.59 Å². The molecule has 1 saturated heterocycles. The molecule has 4 amide bonds. The Morgan fingerprint density at radius 3 is 1.79 bits per heavy atom. The molecule has 5 aliphatic rings. The van der Waals surface area contributed by atoms with Crippen LogP contribution in [-0.4, -0.2) is 135 Å². The highest BCUT2D eigenvalue weighted by Gasteiger charge is 2.47. The van der Waals surface area contributed by atoms with Crippen LogP contribution in [0.5, 0.6) is 23.0 Å². The molecular formula is C58H78N4O13. The second-order valence-electron chi connectivity index (χ2n) is 21.8. The summed E-state index contributed by atoms with van der Waals surface area (Å²) in [5.41, 5.74) is 5.51. The Morgan fingerprint density at radius 2 is 1.24 bits per heavy atom. The topological polar surface area (TPSA) is 205 Å². The van der Waals surface area contributed by atoms with Gasteiger partial charge >= 0.3 is 12.2 Å². The van der Waals surface area contributed by atoms with E-state index in [2.05, 4.69) is 65.8 Å². The number of benzene rings is 2. The molecule has 0 bridgehead atoms. The highest BCUT2D eigenvalue weighted by molar-refractivity contribution is 6.01. The number of phenols is 1. The summed E-state index contributed by atoms with van der Waals surface area (Å²) in [4.78, 5) is 72.5. The maximum Gasteiger partial charge on any atom is 0.415 e. The molecule has 0 aromatic heterocycles. The zero-order chi connectivity index (χ0) is 54.4. The summed E-state index contributed by atoms with van der Waals surface area (Å²) in [6, 6.07) is 2.93. The van der Waals surface area contributed by atoms with Crippen molar-refractivity contribution in [2.45, 2.75) is 175 Å². The number of methoxy groups -OCH3 is 1. The van der Waals surface area contributed by atoms with Crippen molar-refractivity contribution in [1.29, 1.82) is 0 Å². The molecular weight excluding hydrogens is 961 g/mol. The molecule has 5 atom stereocenters. The van der Waals surface area contributed by atoms with Gasteiger partial charge in [-0.3, -0.25) is 19.3 Å². The number of piperazine rings is 1. The Balaban J connectivity index is 1.06. The first-order valence-electron chi connectivity index (χ1n) is 26.5. The lowest BCUT2D eigenvalue weighted by Crippen LogP contribution is -2.51. The number of nitrogens with zero attached hydrogens (tertiary/aromatic N) is 4. The lowest BCUT2D eigenvalue weighted by molar-refractivity contribution is -0.141. The average Bonchev–Trinajstić information content (AvgIpc) is 3.86. The van der Waals surface area contributed by atoms with Gasteiger partial charge in [0.05, 0.1) is 43.5 Å². The molecule has 3 N–H and O–H groups in total. The van der Waals surface area contributed by atoms with Gasteiger partial charge in [0, 0.05) is 74.2 Å². The summed E-state index contributed by atoms with van der Waals surface area (Å²) >= 11 is 0. The molecule has 0 radical (unpaired) electrons. The number of aromatic hydroxyl groups is 1. The molecule has 0 unspecified atom stereocenters. The number of aliphatic hydroxyl groups is 2. The van der Waals surface area contributed by atoms with Crippen molar-refractivity contribution in [3.8, 4) is 23.0 Å². The first-order chi connectivity index (χ1) is 35.7. The van der Waals surface area contributed by atoms with E-state index in [1.807, 2.05) is 13.8 Å². The third kappa shape index (κ3) is 12.9. The summed E-state index contributed by atoms with van der Waals surface area (Å²) < 4.78 is 29.9. The van der Waals surface area contributed by atoms with Gasteiger partial charge in [-0.15, -0.1) is 0 Å².